The maximum Gasteiger partial charge on any atom is 0.264 e. The molecule has 0 radical (unpaired) electrons. The number of benzene rings is 1. The van der Waals surface area contributed by atoms with Crippen LogP contribution in [-0.2, 0) is 10.5 Å². The minimum absolute atomic E-state index is 0.0677. The van der Waals surface area contributed by atoms with Crippen LogP contribution in [0.5, 0.6) is 0 Å². The molecule has 2 aliphatic rings. The standard InChI is InChI=1S/C19H19N3O2S3/c23-17(13-27-19-20-15-5-2-1-4-14(15)12-26-19)21-7-9-22(10-8-21)18(24)16-6-3-11-25-16/h1-6,11H,7-10,12-13H2. The van der Waals surface area contributed by atoms with Crippen molar-refractivity contribution in [3.05, 3.63) is 52.2 Å². The first-order chi connectivity index (χ1) is 13.2. The molecule has 0 bridgehead atoms. The summed E-state index contributed by atoms with van der Waals surface area (Å²) in [5.41, 5.74) is 2.25. The summed E-state index contributed by atoms with van der Waals surface area (Å²) in [6.45, 7) is 2.38. The molecule has 1 aromatic heterocycles. The molecule has 4 rings (SSSR count). The Bertz CT molecular complexity index is 859. The summed E-state index contributed by atoms with van der Waals surface area (Å²) in [4.78, 5) is 34.0. The van der Waals surface area contributed by atoms with Crippen LogP contribution in [0.15, 0.2) is 46.8 Å². The van der Waals surface area contributed by atoms with E-state index in [2.05, 4.69) is 11.1 Å². The van der Waals surface area contributed by atoms with Crippen LogP contribution in [0, 0.1) is 0 Å². The molecule has 0 unspecified atom stereocenters. The van der Waals surface area contributed by atoms with Crippen molar-refractivity contribution < 1.29 is 9.59 Å². The molecule has 0 aliphatic carbocycles. The fourth-order valence-corrected chi connectivity index (χ4v) is 5.67. The minimum atomic E-state index is 0.0677. The van der Waals surface area contributed by atoms with E-state index in [9.17, 15) is 9.59 Å². The highest BCUT2D eigenvalue weighted by atomic mass is 32.2. The lowest BCUT2D eigenvalue weighted by atomic mass is 10.2. The molecule has 8 heteroatoms. The molecule has 5 nitrogen and oxygen atoms in total. The number of carbonyl (C=O) groups excluding carboxylic acids is 2. The van der Waals surface area contributed by atoms with Crippen LogP contribution >= 0.6 is 34.9 Å². The Morgan fingerprint density at radius 1 is 1.04 bits per heavy atom. The highest BCUT2D eigenvalue weighted by Crippen LogP contribution is 2.34. The molecule has 2 aliphatic heterocycles. The summed E-state index contributed by atoms with van der Waals surface area (Å²) in [5, 5.41) is 1.91. The van der Waals surface area contributed by atoms with Crippen LogP contribution in [0.4, 0.5) is 5.69 Å². The first-order valence-electron chi connectivity index (χ1n) is 8.73. The van der Waals surface area contributed by atoms with E-state index in [1.54, 1.807) is 11.8 Å². The minimum Gasteiger partial charge on any atom is -0.338 e. The monoisotopic (exact) mass is 417 g/mol. The largest absolute Gasteiger partial charge is 0.338 e. The summed E-state index contributed by atoms with van der Waals surface area (Å²) < 4.78 is 0.952. The van der Waals surface area contributed by atoms with Gasteiger partial charge < -0.3 is 9.80 Å². The number of nitrogens with zero attached hydrogens (tertiary/aromatic N) is 3. The second-order valence-electron chi connectivity index (χ2n) is 6.23. The lowest BCUT2D eigenvalue weighted by Crippen LogP contribution is -2.51. The Hall–Kier alpha value is -1.77. The quantitative estimate of drug-likeness (QED) is 0.764. The summed E-state index contributed by atoms with van der Waals surface area (Å²) in [5.74, 6) is 1.48. The average Bonchev–Trinajstić information content (AvgIpc) is 3.26. The summed E-state index contributed by atoms with van der Waals surface area (Å²) in [6, 6.07) is 11.9. The van der Waals surface area contributed by atoms with E-state index in [1.165, 1.54) is 28.7 Å². The van der Waals surface area contributed by atoms with Crippen molar-refractivity contribution in [1.82, 2.24) is 9.80 Å². The highest BCUT2D eigenvalue weighted by Gasteiger charge is 2.25. The van der Waals surface area contributed by atoms with Crippen molar-refractivity contribution in [3.8, 4) is 0 Å². The Morgan fingerprint density at radius 2 is 1.81 bits per heavy atom. The zero-order chi connectivity index (χ0) is 18.6. The van der Waals surface area contributed by atoms with Gasteiger partial charge >= 0.3 is 0 Å². The van der Waals surface area contributed by atoms with E-state index in [0.29, 0.717) is 31.9 Å². The Morgan fingerprint density at radius 3 is 2.59 bits per heavy atom. The number of hydrogen-bond acceptors (Lipinski definition) is 6. The number of thiophene rings is 1. The fraction of sp³-hybridized carbons (Fsp3) is 0.316. The SMILES string of the molecule is O=C(CSC1=Nc2ccccc2CS1)N1CCN(C(=O)c2cccs2)CC1. The number of fused-ring (bicyclic) bond motifs is 1. The van der Waals surface area contributed by atoms with Gasteiger partial charge in [-0.15, -0.1) is 11.3 Å². The molecule has 27 heavy (non-hydrogen) atoms. The van der Waals surface area contributed by atoms with Crippen LogP contribution in [0.3, 0.4) is 0 Å². The number of hydrogen-bond donors (Lipinski definition) is 0. The zero-order valence-corrected chi connectivity index (χ0v) is 17.1. The van der Waals surface area contributed by atoms with Gasteiger partial charge in [-0.05, 0) is 23.1 Å². The van der Waals surface area contributed by atoms with E-state index < -0.39 is 0 Å². The Kier molecular flexibility index (Phi) is 5.85. The molecular weight excluding hydrogens is 398 g/mol. The van der Waals surface area contributed by atoms with Gasteiger partial charge in [0.05, 0.1) is 16.3 Å². The zero-order valence-electron chi connectivity index (χ0n) is 14.7. The van der Waals surface area contributed by atoms with E-state index in [-0.39, 0.29) is 11.8 Å². The summed E-state index contributed by atoms with van der Waals surface area (Å²) >= 11 is 4.66. The first kappa shape index (κ1) is 18.6. The van der Waals surface area contributed by atoms with E-state index in [1.807, 2.05) is 45.5 Å². The number of rotatable bonds is 3. The Balaban J connectivity index is 1.27. The lowest BCUT2D eigenvalue weighted by molar-refractivity contribution is -0.129. The van der Waals surface area contributed by atoms with Crippen molar-refractivity contribution in [2.24, 2.45) is 4.99 Å². The number of carbonyl (C=O) groups is 2. The van der Waals surface area contributed by atoms with Crippen molar-refractivity contribution >= 4 is 56.7 Å². The number of para-hydroxylation sites is 1. The fourth-order valence-electron chi connectivity index (χ4n) is 3.02. The second-order valence-corrected chi connectivity index (χ2v) is 9.37. The molecular formula is C19H19N3O2S3. The first-order valence-corrected chi connectivity index (χ1v) is 11.6. The molecule has 0 spiro atoms. The Labute approximate surface area is 170 Å². The van der Waals surface area contributed by atoms with Crippen molar-refractivity contribution in [1.29, 1.82) is 0 Å². The van der Waals surface area contributed by atoms with Crippen molar-refractivity contribution in [3.63, 3.8) is 0 Å². The molecule has 0 N–H and O–H groups in total. The number of amides is 2. The van der Waals surface area contributed by atoms with Crippen LogP contribution in [0.25, 0.3) is 0 Å². The predicted octanol–water partition coefficient (Wildman–Crippen LogP) is 3.70. The molecule has 3 heterocycles. The highest BCUT2D eigenvalue weighted by molar-refractivity contribution is 8.38. The summed E-state index contributed by atoms with van der Waals surface area (Å²) in [7, 11) is 0. The van der Waals surface area contributed by atoms with E-state index in [0.717, 1.165) is 20.7 Å². The van der Waals surface area contributed by atoms with Crippen molar-refractivity contribution in [2.45, 2.75) is 5.75 Å². The molecule has 140 valence electrons. The molecule has 2 amide bonds. The smallest absolute Gasteiger partial charge is 0.264 e. The second kappa shape index (κ2) is 8.50. The molecule has 1 aromatic carbocycles. The van der Waals surface area contributed by atoms with Gasteiger partial charge in [-0.1, -0.05) is 47.8 Å². The van der Waals surface area contributed by atoms with Crippen LogP contribution in [0.2, 0.25) is 0 Å². The topological polar surface area (TPSA) is 53.0 Å². The number of aliphatic imine (C=N–C) groups is 1. The normalized spacial score (nSPS) is 16.7. The third-order valence-corrected chi connectivity index (χ3v) is 7.61. The van der Waals surface area contributed by atoms with E-state index >= 15 is 0 Å². The van der Waals surface area contributed by atoms with Gasteiger partial charge in [0.25, 0.3) is 5.91 Å². The van der Waals surface area contributed by atoms with Crippen LogP contribution in [0.1, 0.15) is 15.2 Å². The van der Waals surface area contributed by atoms with Gasteiger partial charge in [-0.2, -0.15) is 0 Å². The molecule has 2 aromatic rings. The van der Waals surface area contributed by atoms with Gasteiger partial charge in [-0.25, -0.2) is 4.99 Å². The van der Waals surface area contributed by atoms with E-state index in [4.69, 9.17) is 0 Å². The maximum absolute atomic E-state index is 12.5. The maximum atomic E-state index is 12.5. The molecule has 1 fully saturated rings. The molecule has 0 saturated carbocycles. The van der Waals surface area contributed by atoms with Gasteiger partial charge in [-0.3, -0.25) is 9.59 Å². The lowest BCUT2D eigenvalue weighted by Gasteiger charge is -2.34. The van der Waals surface area contributed by atoms with Crippen LogP contribution < -0.4 is 0 Å². The molecule has 1 saturated heterocycles. The average molecular weight is 418 g/mol. The van der Waals surface area contributed by atoms with Gasteiger partial charge in [0.2, 0.25) is 5.91 Å². The molecule has 0 atom stereocenters. The predicted molar refractivity (Wildman–Crippen MR) is 114 cm³/mol. The van der Waals surface area contributed by atoms with Crippen molar-refractivity contribution in [2.75, 3.05) is 31.9 Å². The van der Waals surface area contributed by atoms with Gasteiger partial charge in [0.15, 0.2) is 0 Å². The number of piperazine rings is 1. The van der Waals surface area contributed by atoms with Gasteiger partial charge in [0.1, 0.15) is 4.38 Å². The van der Waals surface area contributed by atoms with Gasteiger partial charge in [0, 0.05) is 31.9 Å². The third-order valence-electron chi connectivity index (χ3n) is 4.53. The van der Waals surface area contributed by atoms with Crippen LogP contribution in [-0.4, -0.2) is 57.9 Å². The summed E-state index contributed by atoms with van der Waals surface area (Å²) in [6.07, 6.45) is 0. The third kappa shape index (κ3) is 4.39. The number of thioether (sulfide) groups is 2.